The number of carbonyl (C=O) groups excluding carboxylic acids is 1. The van der Waals surface area contributed by atoms with Crippen molar-refractivity contribution < 1.29 is 9.53 Å². The second kappa shape index (κ2) is 6.90. The Morgan fingerprint density at radius 1 is 1.18 bits per heavy atom. The molecule has 9 heteroatoms. The molecular weight excluding hydrogens is 418 g/mol. The predicted octanol–water partition coefficient (Wildman–Crippen LogP) is 2.55. The third-order valence-electron chi connectivity index (χ3n) is 7.61. The molecule has 0 saturated carbocycles. The molecule has 4 N–H and O–H groups in total. The molecule has 6 heterocycles. The highest BCUT2D eigenvalue weighted by molar-refractivity contribution is 6.00. The highest BCUT2D eigenvalue weighted by Gasteiger charge is 2.50. The van der Waals surface area contributed by atoms with Crippen molar-refractivity contribution in [3.63, 3.8) is 0 Å². The van der Waals surface area contributed by atoms with Gasteiger partial charge in [0.05, 0.1) is 22.4 Å². The Morgan fingerprint density at radius 3 is 2.67 bits per heavy atom. The molecule has 33 heavy (non-hydrogen) atoms. The Balaban J connectivity index is 1.23. The zero-order valence-electron chi connectivity index (χ0n) is 19.2. The zero-order chi connectivity index (χ0) is 23.0. The third-order valence-corrected chi connectivity index (χ3v) is 7.61. The van der Waals surface area contributed by atoms with Crippen LogP contribution in [0.2, 0.25) is 0 Å². The van der Waals surface area contributed by atoms with Gasteiger partial charge in [-0.3, -0.25) is 4.79 Å². The molecule has 2 bridgehead atoms. The van der Waals surface area contributed by atoms with Crippen molar-refractivity contribution in [1.82, 2.24) is 20.2 Å². The predicted molar refractivity (Wildman–Crippen MR) is 126 cm³/mol. The van der Waals surface area contributed by atoms with E-state index in [-0.39, 0.29) is 11.4 Å². The first-order valence-corrected chi connectivity index (χ1v) is 11.5. The van der Waals surface area contributed by atoms with Gasteiger partial charge in [0, 0.05) is 30.0 Å². The third kappa shape index (κ3) is 3.25. The summed E-state index contributed by atoms with van der Waals surface area (Å²) in [4.78, 5) is 28.8. The van der Waals surface area contributed by atoms with Crippen molar-refractivity contribution >= 4 is 29.1 Å². The number of fused-ring (bicyclic) bond motifs is 3. The molecule has 0 aromatic carbocycles. The maximum atomic E-state index is 12.1. The van der Waals surface area contributed by atoms with Crippen LogP contribution in [0.1, 0.15) is 61.1 Å². The molecule has 2 unspecified atom stereocenters. The molecule has 0 radical (unpaired) electrons. The largest absolute Gasteiger partial charge is 0.475 e. The summed E-state index contributed by atoms with van der Waals surface area (Å²) in [7, 11) is 2.23. The second-order valence-electron chi connectivity index (χ2n) is 10.3. The Labute approximate surface area is 192 Å². The van der Waals surface area contributed by atoms with E-state index in [2.05, 4.69) is 32.5 Å². The minimum Gasteiger partial charge on any atom is -0.475 e. The number of aliphatic imine (C=N–C) groups is 1. The normalized spacial score (nSPS) is 29.5. The molecule has 2 atom stereocenters. The van der Waals surface area contributed by atoms with E-state index in [9.17, 15) is 4.79 Å². The van der Waals surface area contributed by atoms with Crippen LogP contribution in [0.25, 0.3) is 0 Å². The maximum Gasteiger partial charge on any atom is 0.253 e. The smallest absolute Gasteiger partial charge is 0.253 e. The lowest BCUT2D eigenvalue weighted by atomic mass is 9.84. The number of pyridine rings is 2. The van der Waals surface area contributed by atoms with Crippen LogP contribution in [-0.2, 0) is 10.3 Å². The number of anilines is 3. The molecule has 4 aliphatic heterocycles. The molecule has 4 aliphatic rings. The Kier molecular flexibility index (Phi) is 4.27. The lowest BCUT2D eigenvalue weighted by molar-refractivity contribution is 0.0940. The Bertz CT molecular complexity index is 1180. The van der Waals surface area contributed by atoms with E-state index in [1.54, 1.807) is 24.4 Å². The molecule has 2 fully saturated rings. The summed E-state index contributed by atoms with van der Waals surface area (Å²) < 4.78 is 6.05. The number of hydrogen-bond donors (Lipinski definition) is 3. The van der Waals surface area contributed by atoms with Gasteiger partial charge in [-0.1, -0.05) is 0 Å². The van der Waals surface area contributed by atoms with Crippen LogP contribution in [0, 0.1) is 0 Å². The minimum absolute atomic E-state index is 0.103. The lowest BCUT2D eigenvalue weighted by Crippen LogP contribution is -2.49. The van der Waals surface area contributed by atoms with Crippen LogP contribution in [-0.4, -0.2) is 57.9 Å². The van der Waals surface area contributed by atoms with Crippen LogP contribution in [0.3, 0.4) is 0 Å². The summed E-state index contributed by atoms with van der Waals surface area (Å²) in [5.74, 6) is 1.67. The lowest BCUT2D eigenvalue weighted by Gasteiger charge is -2.40. The number of aromatic nitrogens is 2. The summed E-state index contributed by atoms with van der Waals surface area (Å²) in [5.41, 5.74) is 8.33. The second-order valence-corrected chi connectivity index (χ2v) is 10.3. The van der Waals surface area contributed by atoms with E-state index in [4.69, 9.17) is 15.5 Å². The fourth-order valence-electron chi connectivity index (χ4n) is 5.82. The number of hydrogen-bond acceptors (Lipinski definition) is 8. The first-order valence-electron chi connectivity index (χ1n) is 11.5. The van der Waals surface area contributed by atoms with Gasteiger partial charge in [-0.2, -0.15) is 0 Å². The number of nitrogens with one attached hydrogen (secondary N) is 2. The topological polar surface area (TPSA) is 118 Å². The number of nitrogens with two attached hydrogens (primary N) is 1. The standard InChI is InChI=1S/C24H29N7O2/c1-23(2)20-15(21(32)29-23)6-7-18(28-20)27-19-8-17(25)16(11-26-19)22-30-24(12-33-22)9-13-4-5-14(10-24)31(13)3/h6-8,11,13-14H,4-5,9-10,12H2,1-3H3,(H,29,32)(H3,25,26,27,28). The van der Waals surface area contributed by atoms with Crippen molar-refractivity contribution in [2.75, 3.05) is 24.7 Å². The highest BCUT2D eigenvalue weighted by atomic mass is 16.5. The number of carbonyl (C=O) groups is 1. The van der Waals surface area contributed by atoms with Gasteiger partial charge in [0.25, 0.3) is 5.91 Å². The SMILES string of the molecule is CN1C2CCC1CC1(COC(c3cnc(Nc4ccc5c(n4)C(C)(C)NC5=O)cc3N)=N1)C2. The van der Waals surface area contributed by atoms with E-state index in [0.717, 1.165) is 18.4 Å². The number of rotatable bonds is 3. The first kappa shape index (κ1) is 20.4. The van der Waals surface area contributed by atoms with Crippen molar-refractivity contribution in [3.05, 3.63) is 41.2 Å². The van der Waals surface area contributed by atoms with Gasteiger partial charge in [-0.05, 0) is 58.7 Å². The van der Waals surface area contributed by atoms with Crippen molar-refractivity contribution in [2.45, 2.75) is 62.7 Å². The van der Waals surface area contributed by atoms with Gasteiger partial charge in [-0.15, -0.1) is 0 Å². The van der Waals surface area contributed by atoms with Gasteiger partial charge in [0.15, 0.2) is 0 Å². The fraction of sp³-hybridized carbons (Fsp3) is 0.500. The van der Waals surface area contributed by atoms with Crippen LogP contribution >= 0.6 is 0 Å². The zero-order valence-corrected chi connectivity index (χ0v) is 19.2. The van der Waals surface area contributed by atoms with Crippen molar-refractivity contribution in [2.24, 2.45) is 4.99 Å². The van der Waals surface area contributed by atoms with Crippen molar-refractivity contribution in [1.29, 1.82) is 0 Å². The Hall–Kier alpha value is -3.20. The van der Waals surface area contributed by atoms with Crippen LogP contribution in [0.4, 0.5) is 17.3 Å². The van der Waals surface area contributed by atoms with Gasteiger partial charge in [-0.25, -0.2) is 15.0 Å². The molecule has 2 saturated heterocycles. The first-order chi connectivity index (χ1) is 15.7. The number of nitrogen functional groups attached to an aromatic ring is 1. The highest BCUT2D eigenvalue weighted by Crippen LogP contribution is 2.44. The van der Waals surface area contributed by atoms with E-state index in [1.807, 2.05) is 13.8 Å². The minimum atomic E-state index is -0.512. The van der Waals surface area contributed by atoms with Crippen LogP contribution < -0.4 is 16.4 Å². The average molecular weight is 448 g/mol. The van der Waals surface area contributed by atoms with Gasteiger partial charge in [0.1, 0.15) is 23.8 Å². The molecule has 6 rings (SSSR count). The van der Waals surface area contributed by atoms with E-state index in [1.165, 1.54) is 12.8 Å². The maximum absolute atomic E-state index is 12.1. The van der Waals surface area contributed by atoms with E-state index in [0.29, 0.717) is 53.2 Å². The fourth-order valence-corrected chi connectivity index (χ4v) is 5.82. The number of amides is 1. The van der Waals surface area contributed by atoms with Crippen molar-refractivity contribution in [3.8, 4) is 0 Å². The molecule has 2 aromatic heterocycles. The summed E-state index contributed by atoms with van der Waals surface area (Å²) in [6, 6.07) is 6.50. The van der Waals surface area contributed by atoms with Gasteiger partial charge < -0.3 is 26.0 Å². The van der Waals surface area contributed by atoms with Crippen LogP contribution in [0.15, 0.2) is 29.4 Å². The van der Waals surface area contributed by atoms with Crippen LogP contribution in [0.5, 0.6) is 0 Å². The molecule has 2 aromatic rings. The van der Waals surface area contributed by atoms with Gasteiger partial charge >= 0.3 is 0 Å². The molecule has 172 valence electrons. The summed E-state index contributed by atoms with van der Waals surface area (Å²) in [6.45, 7) is 4.48. The van der Waals surface area contributed by atoms with E-state index >= 15 is 0 Å². The van der Waals surface area contributed by atoms with Gasteiger partial charge in [0.2, 0.25) is 5.90 Å². The Morgan fingerprint density at radius 2 is 1.94 bits per heavy atom. The average Bonchev–Trinajstić information content (AvgIpc) is 3.32. The molecule has 9 nitrogen and oxygen atoms in total. The monoisotopic (exact) mass is 447 g/mol. The number of ether oxygens (including phenoxy) is 1. The summed E-state index contributed by atoms with van der Waals surface area (Å²) >= 11 is 0. The quantitative estimate of drug-likeness (QED) is 0.662. The van der Waals surface area contributed by atoms with E-state index < -0.39 is 5.54 Å². The molecule has 1 amide bonds. The molecule has 1 spiro atoms. The molecular formula is C24H29N7O2. The number of nitrogens with zero attached hydrogens (tertiary/aromatic N) is 4. The summed E-state index contributed by atoms with van der Waals surface area (Å²) in [6.07, 6.45) is 6.27. The number of piperidine rings is 1. The molecule has 0 aliphatic carbocycles. The summed E-state index contributed by atoms with van der Waals surface area (Å²) in [5, 5.41) is 6.14.